The van der Waals surface area contributed by atoms with Gasteiger partial charge in [-0.1, -0.05) is 6.92 Å². The molecule has 0 saturated heterocycles. The predicted molar refractivity (Wildman–Crippen MR) is 59.3 cm³/mol. The van der Waals surface area contributed by atoms with Crippen LogP contribution in [0, 0.1) is 0 Å². The maximum absolute atomic E-state index is 5.82. The third-order valence-electron chi connectivity index (χ3n) is 2.62. The molecule has 0 amide bonds. The number of rotatable bonds is 3. The second-order valence-electron chi connectivity index (χ2n) is 4.01. The Balaban J connectivity index is 2.35. The topological polar surface area (TPSA) is 44.5 Å². The fourth-order valence-corrected chi connectivity index (χ4v) is 1.89. The number of benzene rings is 1. The molecule has 2 N–H and O–H groups in total. The van der Waals surface area contributed by atoms with Crippen molar-refractivity contribution in [1.82, 2.24) is 0 Å². The summed E-state index contributed by atoms with van der Waals surface area (Å²) < 4.78 is 10.7. The summed E-state index contributed by atoms with van der Waals surface area (Å²) >= 11 is 0. The molecule has 0 aliphatic carbocycles. The minimum Gasteiger partial charge on any atom is -0.454 e. The van der Waals surface area contributed by atoms with Crippen LogP contribution < -0.4 is 15.2 Å². The Morgan fingerprint density at radius 2 is 1.87 bits per heavy atom. The first-order chi connectivity index (χ1) is 7.20. The van der Waals surface area contributed by atoms with E-state index in [-0.39, 0.29) is 6.04 Å². The van der Waals surface area contributed by atoms with Crippen molar-refractivity contribution in [1.29, 1.82) is 0 Å². The second kappa shape index (κ2) is 4.11. The molecule has 1 aromatic rings. The Bertz CT molecular complexity index is 361. The van der Waals surface area contributed by atoms with E-state index in [0.29, 0.717) is 6.79 Å². The van der Waals surface area contributed by atoms with Gasteiger partial charge in [0.15, 0.2) is 11.5 Å². The van der Waals surface area contributed by atoms with Crippen molar-refractivity contribution in [3.05, 3.63) is 23.3 Å². The first kappa shape index (κ1) is 10.3. The van der Waals surface area contributed by atoms with Gasteiger partial charge >= 0.3 is 0 Å². The third-order valence-corrected chi connectivity index (χ3v) is 2.62. The quantitative estimate of drug-likeness (QED) is 0.823. The van der Waals surface area contributed by atoms with E-state index in [1.54, 1.807) is 0 Å². The van der Waals surface area contributed by atoms with E-state index in [9.17, 15) is 0 Å². The van der Waals surface area contributed by atoms with Crippen LogP contribution in [0.1, 0.15) is 25.0 Å². The second-order valence-corrected chi connectivity index (χ2v) is 4.01. The minimum atomic E-state index is 0.177. The molecule has 0 spiro atoms. The SMILES string of the molecule is CCc1cc2c(cc1CC(C)N)OCO2. The number of hydrogen-bond donors (Lipinski definition) is 1. The molecule has 1 aliphatic heterocycles. The summed E-state index contributed by atoms with van der Waals surface area (Å²) in [5, 5.41) is 0. The highest BCUT2D eigenvalue weighted by molar-refractivity contribution is 5.49. The fraction of sp³-hybridized carbons (Fsp3) is 0.500. The summed E-state index contributed by atoms with van der Waals surface area (Å²) in [6, 6.07) is 4.31. The van der Waals surface area contributed by atoms with Gasteiger partial charge in [0.25, 0.3) is 0 Å². The summed E-state index contributed by atoms with van der Waals surface area (Å²) in [6.07, 6.45) is 1.89. The molecule has 0 radical (unpaired) electrons. The fourth-order valence-electron chi connectivity index (χ4n) is 1.89. The van der Waals surface area contributed by atoms with Crippen molar-refractivity contribution >= 4 is 0 Å². The number of hydrogen-bond acceptors (Lipinski definition) is 3. The normalized spacial score (nSPS) is 15.4. The number of ether oxygens (including phenoxy) is 2. The monoisotopic (exact) mass is 207 g/mol. The van der Waals surface area contributed by atoms with E-state index in [0.717, 1.165) is 24.3 Å². The largest absolute Gasteiger partial charge is 0.454 e. The molecule has 1 heterocycles. The van der Waals surface area contributed by atoms with Crippen molar-refractivity contribution < 1.29 is 9.47 Å². The molecule has 1 aromatic carbocycles. The van der Waals surface area contributed by atoms with Gasteiger partial charge in [-0.25, -0.2) is 0 Å². The third kappa shape index (κ3) is 2.07. The molecule has 0 bridgehead atoms. The Morgan fingerprint density at radius 3 is 2.40 bits per heavy atom. The van der Waals surface area contributed by atoms with E-state index >= 15 is 0 Å². The van der Waals surface area contributed by atoms with Crippen LogP contribution in [0.2, 0.25) is 0 Å². The van der Waals surface area contributed by atoms with Gasteiger partial charge in [0.05, 0.1) is 0 Å². The average Bonchev–Trinajstić information content (AvgIpc) is 2.62. The van der Waals surface area contributed by atoms with Crippen LogP contribution in [0.25, 0.3) is 0 Å². The van der Waals surface area contributed by atoms with Crippen LogP contribution in [0.15, 0.2) is 12.1 Å². The summed E-state index contributed by atoms with van der Waals surface area (Å²) in [4.78, 5) is 0. The van der Waals surface area contributed by atoms with Gasteiger partial charge in [-0.2, -0.15) is 0 Å². The molecular formula is C12H17NO2. The van der Waals surface area contributed by atoms with Crippen LogP contribution in [-0.4, -0.2) is 12.8 Å². The zero-order valence-electron chi connectivity index (χ0n) is 9.25. The Hall–Kier alpha value is -1.22. The summed E-state index contributed by atoms with van der Waals surface area (Å²) in [6.45, 7) is 4.49. The van der Waals surface area contributed by atoms with Gasteiger partial charge in [0.1, 0.15) is 0 Å². The van der Waals surface area contributed by atoms with E-state index in [1.165, 1.54) is 11.1 Å². The molecule has 15 heavy (non-hydrogen) atoms. The maximum atomic E-state index is 5.82. The molecule has 3 heteroatoms. The molecule has 0 fully saturated rings. The summed E-state index contributed by atoms with van der Waals surface area (Å²) in [5.74, 6) is 1.71. The molecule has 1 aliphatic rings. The highest BCUT2D eigenvalue weighted by Gasteiger charge is 2.16. The van der Waals surface area contributed by atoms with Crippen molar-refractivity contribution in [2.45, 2.75) is 32.7 Å². The van der Waals surface area contributed by atoms with Crippen LogP contribution >= 0.6 is 0 Å². The minimum absolute atomic E-state index is 0.177. The van der Waals surface area contributed by atoms with Gasteiger partial charge in [0.2, 0.25) is 6.79 Å². The van der Waals surface area contributed by atoms with Crippen molar-refractivity contribution in [3.63, 3.8) is 0 Å². The average molecular weight is 207 g/mol. The van der Waals surface area contributed by atoms with E-state index in [1.807, 2.05) is 6.92 Å². The Kier molecular flexibility index (Phi) is 2.82. The zero-order valence-corrected chi connectivity index (χ0v) is 9.25. The van der Waals surface area contributed by atoms with Crippen LogP contribution in [0.5, 0.6) is 11.5 Å². The van der Waals surface area contributed by atoms with E-state index in [2.05, 4.69) is 19.1 Å². The van der Waals surface area contributed by atoms with Crippen molar-refractivity contribution in [2.24, 2.45) is 5.73 Å². The molecule has 1 atom stereocenters. The number of fused-ring (bicyclic) bond motifs is 1. The predicted octanol–water partition coefficient (Wildman–Crippen LogP) is 1.87. The smallest absolute Gasteiger partial charge is 0.231 e. The van der Waals surface area contributed by atoms with Crippen LogP contribution in [0.3, 0.4) is 0 Å². The van der Waals surface area contributed by atoms with Gasteiger partial charge in [-0.05, 0) is 43.0 Å². The van der Waals surface area contributed by atoms with Gasteiger partial charge in [-0.3, -0.25) is 0 Å². The lowest BCUT2D eigenvalue weighted by atomic mass is 9.99. The van der Waals surface area contributed by atoms with Gasteiger partial charge in [-0.15, -0.1) is 0 Å². The molecule has 1 unspecified atom stereocenters. The van der Waals surface area contributed by atoms with Crippen LogP contribution in [-0.2, 0) is 12.8 Å². The highest BCUT2D eigenvalue weighted by Crippen LogP contribution is 2.35. The van der Waals surface area contributed by atoms with Crippen molar-refractivity contribution in [3.8, 4) is 11.5 Å². The molecule has 0 saturated carbocycles. The zero-order chi connectivity index (χ0) is 10.8. The molecule has 0 aromatic heterocycles. The molecule has 3 nitrogen and oxygen atoms in total. The first-order valence-electron chi connectivity index (χ1n) is 5.37. The lowest BCUT2D eigenvalue weighted by molar-refractivity contribution is 0.174. The van der Waals surface area contributed by atoms with E-state index < -0.39 is 0 Å². The van der Waals surface area contributed by atoms with Crippen LogP contribution in [0.4, 0.5) is 0 Å². The van der Waals surface area contributed by atoms with Gasteiger partial charge < -0.3 is 15.2 Å². The Labute approximate surface area is 90.2 Å². The standard InChI is InChI=1S/C12H17NO2/c1-3-9-5-11-12(15-7-14-11)6-10(9)4-8(2)13/h5-6,8H,3-4,7,13H2,1-2H3. The van der Waals surface area contributed by atoms with Crippen molar-refractivity contribution in [2.75, 3.05) is 6.79 Å². The number of aryl methyl sites for hydroxylation is 1. The number of nitrogens with two attached hydrogens (primary N) is 1. The highest BCUT2D eigenvalue weighted by atomic mass is 16.7. The lowest BCUT2D eigenvalue weighted by Gasteiger charge is -2.11. The van der Waals surface area contributed by atoms with E-state index in [4.69, 9.17) is 15.2 Å². The summed E-state index contributed by atoms with van der Waals surface area (Å²) in [5.41, 5.74) is 8.40. The lowest BCUT2D eigenvalue weighted by Crippen LogP contribution is -2.18. The van der Waals surface area contributed by atoms with Gasteiger partial charge in [0, 0.05) is 6.04 Å². The molecule has 82 valence electrons. The Morgan fingerprint density at radius 1 is 1.27 bits per heavy atom. The molecule has 2 rings (SSSR count). The maximum Gasteiger partial charge on any atom is 0.231 e. The summed E-state index contributed by atoms with van der Waals surface area (Å²) in [7, 11) is 0. The molecular weight excluding hydrogens is 190 g/mol. The first-order valence-corrected chi connectivity index (χ1v) is 5.37.